The molecule has 7 nitrogen and oxygen atoms in total. The summed E-state index contributed by atoms with van der Waals surface area (Å²) < 4.78 is 45.6. The van der Waals surface area contributed by atoms with Crippen molar-refractivity contribution in [2.24, 2.45) is 0 Å². The zero-order valence-corrected chi connectivity index (χ0v) is 18.9. The summed E-state index contributed by atoms with van der Waals surface area (Å²) in [4.78, 5) is 25.3. The number of ether oxygens (including phenoxy) is 1. The molecule has 2 N–H and O–H groups in total. The van der Waals surface area contributed by atoms with Crippen molar-refractivity contribution in [3.8, 4) is 5.75 Å². The number of halogens is 3. The number of rotatable bonds is 7. The van der Waals surface area contributed by atoms with Gasteiger partial charge in [-0.2, -0.15) is 30.0 Å². The van der Waals surface area contributed by atoms with Crippen LogP contribution in [0.4, 0.5) is 19.0 Å². The molecular formula is C23H21F3N4O3S. The molecule has 0 saturated heterocycles. The number of methoxy groups -OCH3 is 1. The molecule has 0 radical (unpaired) electrons. The third-order valence-electron chi connectivity index (χ3n) is 5.25. The molecule has 2 heterocycles. The fourth-order valence-corrected chi connectivity index (χ4v) is 4.51. The molecule has 1 aliphatic rings. The molecule has 3 aromatic rings. The molecule has 0 unspecified atom stereocenters. The fourth-order valence-electron chi connectivity index (χ4n) is 3.47. The lowest BCUT2D eigenvalue weighted by atomic mass is 10.1. The number of thioether (sulfide) groups is 1. The topological polar surface area (TPSA) is 85.2 Å². The molecule has 34 heavy (non-hydrogen) atoms. The van der Waals surface area contributed by atoms with Crippen molar-refractivity contribution in [2.75, 3.05) is 12.4 Å². The normalized spacial score (nSPS) is 12.8. The number of carbonyl (C=O) groups excluding carboxylic acids is 2. The van der Waals surface area contributed by atoms with E-state index in [4.69, 9.17) is 4.74 Å². The summed E-state index contributed by atoms with van der Waals surface area (Å²) in [7, 11) is 1.57. The largest absolute Gasteiger partial charge is 0.497 e. The molecule has 0 atom stereocenters. The molecule has 4 rings (SSSR count). The van der Waals surface area contributed by atoms with Gasteiger partial charge in [0.2, 0.25) is 5.91 Å². The number of nitrogens with one attached hydrogen (secondary N) is 2. The van der Waals surface area contributed by atoms with Crippen LogP contribution in [0.15, 0.2) is 48.5 Å². The van der Waals surface area contributed by atoms with Gasteiger partial charge in [-0.3, -0.25) is 9.59 Å². The Labute approximate surface area is 197 Å². The van der Waals surface area contributed by atoms with Crippen molar-refractivity contribution in [2.45, 2.75) is 30.8 Å². The number of benzene rings is 2. The Morgan fingerprint density at radius 1 is 1.15 bits per heavy atom. The quantitative estimate of drug-likeness (QED) is 0.518. The van der Waals surface area contributed by atoms with Gasteiger partial charge in [-0.05, 0) is 35.9 Å². The van der Waals surface area contributed by atoms with Gasteiger partial charge in [-0.15, -0.1) is 0 Å². The number of carbonyl (C=O) groups is 2. The maximum atomic E-state index is 13.0. The van der Waals surface area contributed by atoms with Crippen molar-refractivity contribution < 1.29 is 27.5 Å². The van der Waals surface area contributed by atoms with E-state index in [1.807, 2.05) is 12.1 Å². The number of nitrogens with zero attached hydrogens (tertiary/aromatic N) is 2. The summed E-state index contributed by atoms with van der Waals surface area (Å²) >= 11 is 1.60. The maximum absolute atomic E-state index is 13.0. The van der Waals surface area contributed by atoms with Crippen LogP contribution < -0.4 is 15.4 Å². The Morgan fingerprint density at radius 3 is 2.62 bits per heavy atom. The van der Waals surface area contributed by atoms with Crippen molar-refractivity contribution in [1.29, 1.82) is 0 Å². The lowest BCUT2D eigenvalue weighted by Gasteiger charge is -2.13. The summed E-state index contributed by atoms with van der Waals surface area (Å²) in [6, 6.07) is 11.4. The predicted molar refractivity (Wildman–Crippen MR) is 121 cm³/mol. The number of fused-ring (bicyclic) bond motifs is 1. The second-order valence-corrected chi connectivity index (χ2v) is 8.57. The van der Waals surface area contributed by atoms with Gasteiger partial charge in [0, 0.05) is 29.2 Å². The molecule has 0 fully saturated rings. The highest BCUT2D eigenvalue weighted by atomic mass is 32.2. The highest BCUT2D eigenvalue weighted by Crippen LogP contribution is 2.35. The van der Waals surface area contributed by atoms with E-state index in [2.05, 4.69) is 15.7 Å². The van der Waals surface area contributed by atoms with Crippen LogP contribution in [-0.4, -0.2) is 28.7 Å². The van der Waals surface area contributed by atoms with E-state index in [0.717, 1.165) is 29.0 Å². The average Bonchev–Trinajstić information content (AvgIpc) is 3.40. The van der Waals surface area contributed by atoms with Gasteiger partial charge in [0.25, 0.3) is 5.91 Å². The summed E-state index contributed by atoms with van der Waals surface area (Å²) in [6.45, 7) is 0.150. The molecule has 0 saturated carbocycles. The number of alkyl halides is 3. The molecule has 2 aromatic carbocycles. The minimum absolute atomic E-state index is 0.133. The van der Waals surface area contributed by atoms with Gasteiger partial charge in [0.1, 0.15) is 18.1 Å². The Morgan fingerprint density at radius 2 is 1.91 bits per heavy atom. The van der Waals surface area contributed by atoms with Crippen LogP contribution in [0.1, 0.15) is 32.7 Å². The molecule has 0 aliphatic carbocycles. The zero-order valence-electron chi connectivity index (χ0n) is 18.1. The van der Waals surface area contributed by atoms with Crippen molar-refractivity contribution >= 4 is 29.4 Å². The van der Waals surface area contributed by atoms with Crippen LogP contribution in [0.2, 0.25) is 0 Å². The average molecular weight is 491 g/mol. The zero-order chi connectivity index (χ0) is 24.3. The number of amides is 2. The van der Waals surface area contributed by atoms with Crippen LogP contribution in [0, 0.1) is 0 Å². The van der Waals surface area contributed by atoms with Crippen LogP contribution >= 0.6 is 11.8 Å². The molecule has 2 amide bonds. The van der Waals surface area contributed by atoms with Gasteiger partial charge in [0.05, 0.1) is 18.4 Å². The van der Waals surface area contributed by atoms with Crippen molar-refractivity contribution in [1.82, 2.24) is 15.1 Å². The molecule has 11 heteroatoms. The lowest BCUT2D eigenvalue weighted by molar-refractivity contribution is -0.137. The van der Waals surface area contributed by atoms with Gasteiger partial charge in [-0.1, -0.05) is 18.2 Å². The molecular weight excluding hydrogens is 469 g/mol. The summed E-state index contributed by atoms with van der Waals surface area (Å²) in [5.41, 5.74) is 1.35. The Hall–Kier alpha value is -3.47. The summed E-state index contributed by atoms with van der Waals surface area (Å²) in [5, 5.41) is 9.90. The van der Waals surface area contributed by atoms with Crippen LogP contribution in [0.3, 0.4) is 0 Å². The molecule has 1 aliphatic heterocycles. The summed E-state index contributed by atoms with van der Waals surface area (Å²) in [6.07, 6.45) is -4.56. The first-order chi connectivity index (χ1) is 16.2. The van der Waals surface area contributed by atoms with E-state index in [9.17, 15) is 22.8 Å². The second-order valence-electron chi connectivity index (χ2n) is 7.58. The second kappa shape index (κ2) is 9.80. The van der Waals surface area contributed by atoms with Crippen molar-refractivity contribution in [3.05, 3.63) is 76.5 Å². The van der Waals surface area contributed by atoms with E-state index in [1.165, 1.54) is 16.8 Å². The van der Waals surface area contributed by atoms with E-state index in [0.29, 0.717) is 29.6 Å². The summed E-state index contributed by atoms with van der Waals surface area (Å²) in [5.74, 6) is 1.22. The van der Waals surface area contributed by atoms with Gasteiger partial charge < -0.3 is 15.4 Å². The number of anilines is 1. The van der Waals surface area contributed by atoms with Crippen LogP contribution in [-0.2, 0) is 35.6 Å². The Kier molecular flexibility index (Phi) is 6.82. The van der Waals surface area contributed by atoms with Gasteiger partial charge >= 0.3 is 6.18 Å². The molecule has 0 bridgehead atoms. The van der Waals surface area contributed by atoms with Gasteiger partial charge in [0.15, 0.2) is 0 Å². The number of hydrogen-bond donors (Lipinski definition) is 2. The highest BCUT2D eigenvalue weighted by molar-refractivity contribution is 7.98. The molecule has 178 valence electrons. The van der Waals surface area contributed by atoms with E-state index in [-0.39, 0.29) is 18.0 Å². The first-order valence-electron chi connectivity index (χ1n) is 10.3. The minimum Gasteiger partial charge on any atom is -0.497 e. The SMILES string of the molecule is COc1ccc(CNC(=O)Cn2nc3c(c2NC(=O)c2cccc(C(F)(F)F)c2)CSC3)cc1. The van der Waals surface area contributed by atoms with E-state index < -0.39 is 17.6 Å². The Bertz CT molecular complexity index is 1210. The standard InChI is InChI=1S/C23H21F3N4O3S/c1-33-17-7-5-14(6-8-17)10-27-20(31)11-30-21(18-12-34-13-19(18)29-30)28-22(32)15-3-2-4-16(9-15)23(24,25)26/h2-9H,10-13H2,1H3,(H,27,31)(H,28,32). The fraction of sp³-hybridized carbons (Fsp3) is 0.261. The van der Waals surface area contributed by atoms with E-state index in [1.54, 1.807) is 31.0 Å². The first kappa shape index (κ1) is 23.7. The number of aromatic nitrogens is 2. The molecule has 0 spiro atoms. The lowest BCUT2D eigenvalue weighted by Crippen LogP contribution is -2.29. The predicted octanol–water partition coefficient (Wildman–Crippen LogP) is 4.23. The first-order valence-corrected chi connectivity index (χ1v) is 11.4. The Balaban J connectivity index is 1.47. The minimum atomic E-state index is -4.56. The monoisotopic (exact) mass is 490 g/mol. The maximum Gasteiger partial charge on any atom is 0.416 e. The highest BCUT2D eigenvalue weighted by Gasteiger charge is 2.31. The van der Waals surface area contributed by atoms with Gasteiger partial charge in [-0.25, -0.2) is 4.68 Å². The van der Waals surface area contributed by atoms with Crippen LogP contribution in [0.5, 0.6) is 5.75 Å². The third kappa shape index (κ3) is 5.36. The third-order valence-corrected chi connectivity index (χ3v) is 6.22. The van der Waals surface area contributed by atoms with Crippen LogP contribution in [0.25, 0.3) is 0 Å². The number of hydrogen-bond acceptors (Lipinski definition) is 5. The van der Waals surface area contributed by atoms with Crippen molar-refractivity contribution in [3.63, 3.8) is 0 Å². The molecule has 1 aromatic heterocycles. The van der Waals surface area contributed by atoms with E-state index >= 15 is 0 Å². The smallest absolute Gasteiger partial charge is 0.416 e.